The summed E-state index contributed by atoms with van der Waals surface area (Å²) in [4.78, 5) is 10.6. The lowest BCUT2D eigenvalue weighted by atomic mass is 10.0. The van der Waals surface area contributed by atoms with E-state index in [-0.39, 0.29) is 18.1 Å². The summed E-state index contributed by atoms with van der Waals surface area (Å²) in [5, 5.41) is 0. The van der Waals surface area contributed by atoms with Gasteiger partial charge in [0, 0.05) is 6.42 Å². The molecule has 0 spiro atoms. The summed E-state index contributed by atoms with van der Waals surface area (Å²) in [6, 6.07) is 5.36. The van der Waals surface area contributed by atoms with Crippen molar-refractivity contribution < 1.29 is 27.4 Å². The van der Waals surface area contributed by atoms with Crippen LogP contribution in [0.25, 0.3) is 0 Å². The lowest BCUT2D eigenvalue weighted by Gasteiger charge is -2.23. The average Bonchev–Trinajstić information content (AvgIpc) is 2.41. The van der Waals surface area contributed by atoms with Crippen LogP contribution in [0.2, 0.25) is 0 Å². The van der Waals surface area contributed by atoms with Crippen molar-refractivity contribution in [2.45, 2.75) is 37.6 Å². The van der Waals surface area contributed by atoms with Gasteiger partial charge in [0.2, 0.25) is 0 Å². The van der Waals surface area contributed by atoms with Gasteiger partial charge in [0.1, 0.15) is 18.0 Å². The van der Waals surface area contributed by atoms with E-state index >= 15 is 0 Å². The van der Waals surface area contributed by atoms with Crippen molar-refractivity contribution in [3.05, 3.63) is 29.8 Å². The van der Waals surface area contributed by atoms with E-state index in [4.69, 9.17) is 9.47 Å². The van der Waals surface area contributed by atoms with E-state index in [1.54, 1.807) is 0 Å². The number of hydrogen-bond donors (Lipinski definition) is 0. The molecule has 110 valence electrons. The van der Waals surface area contributed by atoms with Gasteiger partial charge >= 0.3 is 6.18 Å². The van der Waals surface area contributed by atoms with Crippen molar-refractivity contribution in [3.63, 3.8) is 0 Å². The number of hydrogen-bond acceptors (Lipinski definition) is 3. The van der Waals surface area contributed by atoms with Gasteiger partial charge in [0.25, 0.3) is 0 Å². The minimum atomic E-state index is -4.57. The number of carbonyl (C=O) groups is 1. The monoisotopic (exact) mass is 288 g/mol. The summed E-state index contributed by atoms with van der Waals surface area (Å²) >= 11 is 0. The summed E-state index contributed by atoms with van der Waals surface area (Å²) in [6.07, 6.45) is -2.26. The van der Waals surface area contributed by atoms with Crippen molar-refractivity contribution >= 4 is 6.29 Å². The molecule has 1 heterocycles. The Morgan fingerprint density at radius 3 is 2.45 bits per heavy atom. The Labute approximate surface area is 114 Å². The van der Waals surface area contributed by atoms with Crippen molar-refractivity contribution in [1.29, 1.82) is 0 Å². The van der Waals surface area contributed by atoms with Crippen LogP contribution >= 0.6 is 0 Å². The Morgan fingerprint density at radius 1 is 1.25 bits per heavy atom. The number of benzene rings is 1. The highest BCUT2D eigenvalue weighted by Crippen LogP contribution is 2.34. The number of carbonyl (C=O) groups excluding carboxylic acids is 1. The number of halogens is 3. The third kappa shape index (κ3) is 3.72. The second-order valence-electron chi connectivity index (χ2n) is 4.64. The molecule has 1 saturated heterocycles. The molecule has 0 saturated carbocycles. The Morgan fingerprint density at radius 2 is 1.95 bits per heavy atom. The summed E-state index contributed by atoms with van der Waals surface area (Å²) in [5.74, 6) is -1.66. The van der Waals surface area contributed by atoms with E-state index in [0.29, 0.717) is 12.4 Å². The van der Waals surface area contributed by atoms with Gasteiger partial charge in [-0.05, 0) is 30.5 Å². The quantitative estimate of drug-likeness (QED) is 0.796. The van der Waals surface area contributed by atoms with Crippen LogP contribution in [0.1, 0.15) is 30.7 Å². The Hall–Kier alpha value is -1.56. The number of aldehydes is 1. The van der Waals surface area contributed by atoms with E-state index in [1.807, 2.05) is 0 Å². The predicted octanol–water partition coefficient (Wildman–Crippen LogP) is 3.44. The Bertz CT molecular complexity index is 436. The van der Waals surface area contributed by atoms with E-state index in [0.717, 1.165) is 19.3 Å². The van der Waals surface area contributed by atoms with Crippen molar-refractivity contribution in [2.24, 2.45) is 0 Å². The molecule has 2 rings (SSSR count). The molecule has 6 heteroatoms. The second-order valence-corrected chi connectivity index (χ2v) is 4.64. The first-order chi connectivity index (χ1) is 9.50. The molecule has 1 aromatic carbocycles. The van der Waals surface area contributed by atoms with Crippen LogP contribution in [-0.4, -0.2) is 25.4 Å². The van der Waals surface area contributed by atoms with Gasteiger partial charge in [0.05, 0.1) is 6.61 Å². The topological polar surface area (TPSA) is 35.5 Å². The van der Waals surface area contributed by atoms with Gasteiger partial charge in [0.15, 0.2) is 6.29 Å². The lowest BCUT2D eigenvalue weighted by Crippen LogP contribution is -2.25. The Kier molecular flexibility index (Phi) is 4.65. The molecule has 0 bridgehead atoms. The average molecular weight is 288 g/mol. The van der Waals surface area contributed by atoms with Gasteiger partial charge in [-0.15, -0.1) is 0 Å². The van der Waals surface area contributed by atoms with Crippen LogP contribution in [0.4, 0.5) is 13.2 Å². The zero-order valence-corrected chi connectivity index (χ0v) is 10.7. The van der Waals surface area contributed by atoms with Gasteiger partial charge in [-0.25, -0.2) is 0 Å². The third-order valence-corrected chi connectivity index (χ3v) is 3.13. The maximum Gasteiger partial charge on any atom is 0.402 e. The molecule has 2 atom stereocenters. The number of alkyl halides is 3. The fourth-order valence-corrected chi connectivity index (χ4v) is 2.05. The molecule has 1 aliphatic rings. The molecule has 2 unspecified atom stereocenters. The van der Waals surface area contributed by atoms with Crippen LogP contribution in [0.3, 0.4) is 0 Å². The van der Waals surface area contributed by atoms with E-state index < -0.39 is 12.1 Å². The lowest BCUT2D eigenvalue weighted by molar-refractivity contribution is -0.156. The number of rotatable bonds is 4. The minimum absolute atomic E-state index is 0.0931. The maximum absolute atomic E-state index is 12.6. The molecule has 0 amide bonds. The van der Waals surface area contributed by atoms with Crippen LogP contribution in [-0.2, 0) is 9.53 Å². The third-order valence-electron chi connectivity index (χ3n) is 3.13. The van der Waals surface area contributed by atoms with Crippen LogP contribution < -0.4 is 4.74 Å². The van der Waals surface area contributed by atoms with E-state index in [2.05, 4.69) is 0 Å². The molecule has 3 nitrogen and oxygen atoms in total. The zero-order valence-electron chi connectivity index (χ0n) is 10.7. The minimum Gasteiger partial charge on any atom is -0.465 e. The molecule has 1 aromatic rings. The molecule has 20 heavy (non-hydrogen) atoms. The molecule has 0 aliphatic carbocycles. The highest BCUT2D eigenvalue weighted by Gasteiger charge is 2.40. The first kappa shape index (κ1) is 14.8. The zero-order chi connectivity index (χ0) is 14.6. The molecular formula is C14H15F3O3. The number of ether oxygens (including phenoxy) is 2. The van der Waals surface area contributed by atoms with E-state index in [9.17, 15) is 18.0 Å². The van der Waals surface area contributed by atoms with Gasteiger partial charge in [-0.2, -0.15) is 13.2 Å². The van der Waals surface area contributed by atoms with Crippen LogP contribution in [0.5, 0.6) is 5.75 Å². The van der Waals surface area contributed by atoms with Crippen molar-refractivity contribution in [1.82, 2.24) is 0 Å². The smallest absolute Gasteiger partial charge is 0.402 e. The summed E-state index contributed by atoms with van der Waals surface area (Å²) in [5.41, 5.74) is -0.0931. The fourth-order valence-electron chi connectivity index (χ4n) is 2.05. The summed E-state index contributed by atoms with van der Waals surface area (Å²) < 4.78 is 48.7. The molecule has 1 fully saturated rings. The SMILES string of the molecule is O=CC(c1ccc(OC2CCCCO2)cc1)C(F)(F)F. The van der Waals surface area contributed by atoms with Crippen LogP contribution in [0.15, 0.2) is 24.3 Å². The second kappa shape index (κ2) is 6.26. The van der Waals surface area contributed by atoms with Gasteiger partial charge < -0.3 is 14.3 Å². The largest absolute Gasteiger partial charge is 0.465 e. The van der Waals surface area contributed by atoms with Crippen molar-refractivity contribution in [2.75, 3.05) is 6.61 Å². The first-order valence-electron chi connectivity index (χ1n) is 6.41. The molecule has 1 aliphatic heterocycles. The molecular weight excluding hydrogens is 273 g/mol. The first-order valence-corrected chi connectivity index (χ1v) is 6.41. The molecule has 0 aromatic heterocycles. The van der Waals surface area contributed by atoms with Gasteiger partial charge in [-0.1, -0.05) is 12.1 Å². The van der Waals surface area contributed by atoms with Gasteiger partial charge in [-0.3, -0.25) is 0 Å². The maximum atomic E-state index is 12.6. The summed E-state index contributed by atoms with van der Waals surface area (Å²) in [7, 11) is 0. The molecule has 0 N–H and O–H groups in total. The normalized spacial score (nSPS) is 21.2. The molecule has 0 radical (unpaired) electrons. The van der Waals surface area contributed by atoms with E-state index in [1.165, 1.54) is 24.3 Å². The highest BCUT2D eigenvalue weighted by molar-refractivity contribution is 5.63. The summed E-state index contributed by atoms with van der Waals surface area (Å²) in [6.45, 7) is 0.629. The van der Waals surface area contributed by atoms with Crippen LogP contribution in [0, 0.1) is 0 Å². The fraction of sp³-hybridized carbons (Fsp3) is 0.500. The predicted molar refractivity (Wildman–Crippen MR) is 65.5 cm³/mol. The standard InChI is InChI=1S/C14H15F3O3/c15-14(16,17)12(9-18)10-4-6-11(7-5-10)20-13-3-1-2-8-19-13/h4-7,9,12-13H,1-3,8H2. The Balaban J connectivity index is 2.03. The highest BCUT2D eigenvalue weighted by atomic mass is 19.4. The van der Waals surface area contributed by atoms with Crippen molar-refractivity contribution in [3.8, 4) is 5.75 Å².